The molecule has 0 heterocycles. The second-order valence-electron chi connectivity index (χ2n) is 3.46. The van der Waals surface area contributed by atoms with Crippen molar-refractivity contribution in [2.45, 2.75) is 13.1 Å². The Morgan fingerprint density at radius 1 is 1.50 bits per heavy atom. The Hall–Kier alpha value is -0.400. The average Bonchev–Trinajstić information content (AvgIpc) is 2.12. The molecule has 0 fully saturated rings. The number of ether oxygens (including phenoxy) is 1. The van der Waals surface area contributed by atoms with Crippen LogP contribution in [-0.4, -0.2) is 49.4 Å². The molecule has 2 N–H and O–H groups in total. The van der Waals surface area contributed by atoms with E-state index in [1.165, 1.54) is 4.90 Å². The first-order valence-corrected chi connectivity index (χ1v) is 5.32. The summed E-state index contributed by atoms with van der Waals surface area (Å²) in [6.45, 7) is 2.96. The minimum Gasteiger partial charge on any atom is -0.393 e. The average molecular weight is 258 g/mol. The fourth-order valence-electron chi connectivity index (χ4n) is 1.12. The molecule has 0 aliphatic rings. The number of hydrogen-bond acceptors (Lipinski definition) is 3. The van der Waals surface area contributed by atoms with E-state index in [9.17, 15) is 13.2 Å². The Balaban J connectivity index is 4.15. The highest BCUT2D eigenvalue weighted by Crippen LogP contribution is 2.26. The van der Waals surface area contributed by atoms with Gasteiger partial charge in [0.25, 0.3) is 0 Å². The van der Waals surface area contributed by atoms with E-state index in [0.29, 0.717) is 19.8 Å². The topological polar surface area (TPSA) is 38.5 Å². The summed E-state index contributed by atoms with van der Waals surface area (Å²) >= 11 is 4.42. The number of hydrogen-bond donors (Lipinski definition) is 1. The Kier molecular flexibility index (Phi) is 6.85. The van der Waals surface area contributed by atoms with Crippen LogP contribution in [0.1, 0.15) is 6.92 Å². The van der Waals surface area contributed by atoms with E-state index in [2.05, 4.69) is 12.2 Å². The first-order valence-electron chi connectivity index (χ1n) is 4.91. The number of rotatable bonds is 7. The molecule has 7 heteroatoms. The van der Waals surface area contributed by atoms with Gasteiger partial charge in [-0.05, 0) is 14.0 Å². The van der Waals surface area contributed by atoms with Gasteiger partial charge in [-0.15, -0.1) is 0 Å². The first kappa shape index (κ1) is 15.6. The molecule has 1 atom stereocenters. The third-order valence-electron chi connectivity index (χ3n) is 2.05. The van der Waals surface area contributed by atoms with Crippen molar-refractivity contribution in [2.24, 2.45) is 11.7 Å². The van der Waals surface area contributed by atoms with E-state index >= 15 is 0 Å². The Morgan fingerprint density at radius 3 is 2.44 bits per heavy atom. The molecule has 0 rings (SSSR count). The first-order chi connectivity index (χ1) is 7.29. The zero-order valence-corrected chi connectivity index (χ0v) is 10.2. The van der Waals surface area contributed by atoms with E-state index in [4.69, 9.17) is 10.5 Å². The molecular weight excluding hydrogens is 241 g/mol. The second kappa shape index (κ2) is 7.03. The van der Waals surface area contributed by atoms with Gasteiger partial charge in [-0.3, -0.25) is 0 Å². The van der Waals surface area contributed by atoms with Gasteiger partial charge in [0.2, 0.25) is 0 Å². The van der Waals surface area contributed by atoms with Gasteiger partial charge in [0.15, 0.2) is 0 Å². The lowest BCUT2D eigenvalue weighted by atomic mass is 10.1. The maximum absolute atomic E-state index is 12.5. The molecule has 0 amide bonds. The van der Waals surface area contributed by atoms with Gasteiger partial charge in [0, 0.05) is 19.7 Å². The van der Waals surface area contributed by atoms with Crippen LogP contribution in [0.25, 0.3) is 0 Å². The molecular formula is C9H17F3N2OS. The van der Waals surface area contributed by atoms with Crippen LogP contribution < -0.4 is 5.73 Å². The van der Waals surface area contributed by atoms with Crippen LogP contribution in [0.5, 0.6) is 0 Å². The number of alkyl halides is 3. The van der Waals surface area contributed by atoms with Crippen molar-refractivity contribution in [1.29, 1.82) is 0 Å². The minimum absolute atomic E-state index is 0.230. The lowest BCUT2D eigenvalue weighted by Crippen LogP contribution is -2.43. The molecule has 96 valence electrons. The Labute approximate surface area is 98.7 Å². The highest BCUT2D eigenvalue weighted by molar-refractivity contribution is 7.80. The fraction of sp³-hybridized carbons (Fsp3) is 0.889. The lowest BCUT2D eigenvalue weighted by molar-refractivity contribution is -0.158. The molecule has 0 spiro atoms. The smallest absolute Gasteiger partial charge is 0.393 e. The molecule has 0 aliphatic heterocycles. The van der Waals surface area contributed by atoms with Crippen molar-refractivity contribution in [3.05, 3.63) is 0 Å². The number of nitrogens with two attached hydrogens (primary N) is 1. The van der Waals surface area contributed by atoms with Crippen molar-refractivity contribution in [2.75, 3.05) is 33.4 Å². The van der Waals surface area contributed by atoms with Crippen LogP contribution in [0.3, 0.4) is 0 Å². The molecule has 0 aliphatic carbocycles. The number of likely N-dealkylation sites (N-methyl/N-ethyl adjacent to an activating group) is 1. The Morgan fingerprint density at radius 2 is 2.06 bits per heavy atom. The maximum Gasteiger partial charge on any atom is 0.399 e. The largest absolute Gasteiger partial charge is 0.399 e. The zero-order chi connectivity index (χ0) is 12.8. The summed E-state index contributed by atoms with van der Waals surface area (Å²) in [5, 5.41) is 0. The van der Waals surface area contributed by atoms with Gasteiger partial charge in [-0.1, -0.05) is 12.2 Å². The molecule has 0 bridgehead atoms. The predicted molar refractivity (Wildman–Crippen MR) is 60.3 cm³/mol. The molecule has 0 aromatic heterocycles. The molecule has 0 saturated heterocycles. The van der Waals surface area contributed by atoms with Crippen molar-refractivity contribution in [1.82, 2.24) is 4.90 Å². The standard InChI is InChI=1S/C9H17F3N2OS/c1-3-15-5-4-14(2)6-7(8(13)16)9(10,11)12/h7H,3-6H2,1-2H3,(H2,13,16). The van der Waals surface area contributed by atoms with Gasteiger partial charge in [0.05, 0.1) is 11.6 Å². The molecule has 16 heavy (non-hydrogen) atoms. The third kappa shape index (κ3) is 6.24. The summed E-state index contributed by atoms with van der Waals surface area (Å²) < 4.78 is 42.5. The lowest BCUT2D eigenvalue weighted by Gasteiger charge is -2.24. The molecule has 0 saturated carbocycles. The van der Waals surface area contributed by atoms with Crippen LogP contribution in [0.4, 0.5) is 13.2 Å². The van der Waals surface area contributed by atoms with Gasteiger partial charge < -0.3 is 15.4 Å². The van der Waals surface area contributed by atoms with Gasteiger partial charge >= 0.3 is 6.18 Å². The summed E-state index contributed by atoms with van der Waals surface area (Å²) in [4.78, 5) is 0.989. The van der Waals surface area contributed by atoms with E-state index < -0.39 is 17.1 Å². The third-order valence-corrected chi connectivity index (χ3v) is 2.34. The van der Waals surface area contributed by atoms with Crippen LogP contribution in [0.15, 0.2) is 0 Å². The monoisotopic (exact) mass is 258 g/mol. The summed E-state index contributed by atoms with van der Waals surface area (Å²) in [6, 6.07) is 0. The minimum atomic E-state index is -4.38. The summed E-state index contributed by atoms with van der Waals surface area (Å²) in [6.07, 6.45) is -4.38. The quantitative estimate of drug-likeness (QED) is 0.553. The predicted octanol–water partition coefficient (Wildman–Crippen LogP) is 1.42. The molecule has 3 nitrogen and oxygen atoms in total. The van der Waals surface area contributed by atoms with Crippen molar-refractivity contribution < 1.29 is 17.9 Å². The van der Waals surface area contributed by atoms with Gasteiger partial charge in [-0.2, -0.15) is 13.2 Å². The van der Waals surface area contributed by atoms with Crippen LogP contribution >= 0.6 is 12.2 Å². The van der Waals surface area contributed by atoms with E-state index in [0.717, 1.165) is 0 Å². The molecule has 1 unspecified atom stereocenters. The Bertz CT molecular complexity index is 223. The SMILES string of the molecule is CCOCCN(C)CC(C(N)=S)C(F)(F)F. The van der Waals surface area contributed by atoms with Crippen LogP contribution in [0.2, 0.25) is 0 Å². The summed E-state index contributed by atoms with van der Waals surface area (Å²) in [5.41, 5.74) is 5.08. The molecule has 0 aromatic carbocycles. The normalized spacial score (nSPS) is 14.1. The van der Waals surface area contributed by atoms with Gasteiger partial charge in [0.1, 0.15) is 5.92 Å². The fourth-order valence-corrected chi connectivity index (χ4v) is 1.33. The van der Waals surface area contributed by atoms with Crippen LogP contribution in [0, 0.1) is 5.92 Å². The molecule has 0 aromatic rings. The highest BCUT2D eigenvalue weighted by Gasteiger charge is 2.42. The van der Waals surface area contributed by atoms with Crippen molar-refractivity contribution >= 4 is 17.2 Å². The summed E-state index contributed by atoms with van der Waals surface area (Å²) in [5.74, 6) is -1.76. The van der Waals surface area contributed by atoms with E-state index in [1.54, 1.807) is 7.05 Å². The number of thiocarbonyl (C=S) groups is 1. The van der Waals surface area contributed by atoms with Crippen molar-refractivity contribution in [3.8, 4) is 0 Å². The highest BCUT2D eigenvalue weighted by atomic mass is 32.1. The number of halogens is 3. The molecule has 0 radical (unpaired) electrons. The van der Waals surface area contributed by atoms with E-state index in [1.807, 2.05) is 6.92 Å². The number of nitrogens with zero attached hydrogens (tertiary/aromatic N) is 1. The van der Waals surface area contributed by atoms with Gasteiger partial charge in [-0.25, -0.2) is 0 Å². The zero-order valence-electron chi connectivity index (χ0n) is 9.38. The van der Waals surface area contributed by atoms with Crippen LogP contribution in [-0.2, 0) is 4.74 Å². The van der Waals surface area contributed by atoms with E-state index in [-0.39, 0.29) is 6.54 Å². The second-order valence-corrected chi connectivity index (χ2v) is 3.93. The van der Waals surface area contributed by atoms with Crippen molar-refractivity contribution in [3.63, 3.8) is 0 Å². The summed E-state index contributed by atoms with van der Waals surface area (Å²) in [7, 11) is 1.58. The maximum atomic E-state index is 12.5.